The van der Waals surface area contributed by atoms with E-state index in [-0.39, 0.29) is 28.6 Å². The third-order valence-corrected chi connectivity index (χ3v) is 8.00. The first-order valence-corrected chi connectivity index (χ1v) is 11.8. The van der Waals surface area contributed by atoms with Crippen LogP contribution < -0.4 is 4.74 Å². The van der Waals surface area contributed by atoms with Crippen LogP contribution in [0.3, 0.4) is 0 Å². The van der Waals surface area contributed by atoms with Gasteiger partial charge in [-0.05, 0) is 80.8 Å². The minimum absolute atomic E-state index is 0.0977. The molecule has 32 heavy (non-hydrogen) atoms. The quantitative estimate of drug-likeness (QED) is 0.490. The highest BCUT2D eigenvalue weighted by Crippen LogP contribution is 2.66. The van der Waals surface area contributed by atoms with E-state index < -0.39 is 5.60 Å². The molecule has 0 heterocycles. The van der Waals surface area contributed by atoms with E-state index in [0.717, 1.165) is 43.4 Å². The number of esters is 1. The van der Waals surface area contributed by atoms with E-state index in [1.165, 1.54) is 0 Å². The number of ether oxygens (including phenoxy) is 1. The molecule has 4 nitrogen and oxygen atoms in total. The highest BCUT2D eigenvalue weighted by atomic mass is 16.5. The second-order valence-corrected chi connectivity index (χ2v) is 11.1. The van der Waals surface area contributed by atoms with Gasteiger partial charge in [-0.3, -0.25) is 4.79 Å². The van der Waals surface area contributed by atoms with Gasteiger partial charge in [-0.25, -0.2) is 0 Å². The van der Waals surface area contributed by atoms with Crippen molar-refractivity contribution < 1.29 is 14.6 Å². The second-order valence-electron chi connectivity index (χ2n) is 11.1. The van der Waals surface area contributed by atoms with Gasteiger partial charge in [0.1, 0.15) is 5.75 Å². The molecule has 4 rings (SSSR count). The van der Waals surface area contributed by atoms with Gasteiger partial charge >= 0.3 is 5.97 Å². The minimum atomic E-state index is -0.948. The minimum Gasteiger partial charge on any atom is -0.426 e. The Labute approximate surface area is 192 Å². The smallest absolute Gasteiger partial charge is 0.318 e. The molecule has 0 radical (unpaired) electrons. The number of carbonyl (C=O) groups excluding carboxylic acids is 1. The van der Waals surface area contributed by atoms with Crippen LogP contribution in [-0.4, -0.2) is 36.6 Å². The fourth-order valence-corrected chi connectivity index (χ4v) is 6.49. The highest BCUT2D eigenvalue weighted by molar-refractivity contribution is 5.79. The van der Waals surface area contributed by atoms with Crippen LogP contribution in [-0.2, 0) is 10.4 Å². The van der Waals surface area contributed by atoms with E-state index in [0.29, 0.717) is 5.75 Å². The Morgan fingerprint density at radius 1 is 1.09 bits per heavy atom. The predicted molar refractivity (Wildman–Crippen MR) is 128 cm³/mol. The van der Waals surface area contributed by atoms with Crippen LogP contribution >= 0.6 is 0 Å². The molecular formula is C28H37NO3. The topological polar surface area (TPSA) is 49.8 Å². The molecule has 0 spiro atoms. The lowest BCUT2D eigenvalue weighted by atomic mass is 9.55. The van der Waals surface area contributed by atoms with Gasteiger partial charge in [0.2, 0.25) is 0 Å². The Hall–Kier alpha value is -2.17. The van der Waals surface area contributed by atoms with Crippen molar-refractivity contribution in [1.82, 2.24) is 4.90 Å². The van der Waals surface area contributed by atoms with Crippen LogP contribution in [0.15, 0.2) is 54.6 Å². The van der Waals surface area contributed by atoms with Gasteiger partial charge in [0.25, 0.3) is 0 Å². The molecule has 0 aliphatic heterocycles. The van der Waals surface area contributed by atoms with E-state index >= 15 is 0 Å². The summed E-state index contributed by atoms with van der Waals surface area (Å²) in [5, 5.41) is 12.2. The van der Waals surface area contributed by atoms with Crippen molar-refractivity contribution in [3.05, 3.63) is 65.7 Å². The second kappa shape index (κ2) is 8.31. The molecule has 2 bridgehead atoms. The van der Waals surface area contributed by atoms with E-state index in [2.05, 4.69) is 32.8 Å². The number of fused-ring (bicyclic) bond motifs is 2. The number of benzene rings is 2. The highest BCUT2D eigenvalue weighted by Gasteiger charge is 2.61. The lowest BCUT2D eigenvalue weighted by Gasteiger charge is -2.53. The average Bonchev–Trinajstić information content (AvgIpc) is 3.03. The summed E-state index contributed by atoms with van der Waals surface area (Å²) in [4.78, 5) is 15.0. The van der Waals surface area contributed by atoms with Crippen molar-refractivity contribution in [3.8, 4) is 5.75 Å². The number of aliphatic hydroxyl groups is 1. The summed E-state index contributed by atoms with van der Waals surface area (Å²) in [7, 11) is 4.16. The monoisotopic (exact) mass is 435 g/mol. The van der Waals surface area contributed by atoms with Crippen molar-refractivity contribution in [2.24, 2.45) is 16.7 Å². The molecule has 0 aromatic heterocycles. The Bertz CT molecular complexity index is 974. The standard InChI is InChI=1S/C28H37NO3/c1-20(21-10-7-6-8-11-21)25(30)32-23-13-9-12-22(16-23)28(31)19-26(2)14-15-27(3,18-26)24(28)17-29(4)5/h6-13,16,20,24,31H,14-15,17-19H2,1-5H3. The largest absolute Gasteiger partial charge is 0.426 e. The summed E-state index contributed by atoms with van der Waals surface area (Å²) in [5.74, 6) is -0.0177. The fourth-order valence-electron chi connectivity index (χ4n) is 6.49. The third kappa shape index (κ3) is 4.23. The van der Waals surface area contributed by atoms with E-state index in [4.69, 9.17) is 4.74 Å². The molecule has 2 aliphatic rings. The summed E-state index contributed by atoms with van der Waals surface area (Å²) in [6.45, 7) is 7.36. The van der Waals surface area contributed by atoms with E-state index in [1.807, 2.05) is 61.5 Å². The third-order valence-electron chi connectivity index (χ3n) is 8.00. The van der Waals surface area contributed by atoms with E-state index in [9.17, 15) is 9.90 Å². The van der Waals surface area contributed by atoms with Crippen molar-refractivity contribution in [2.45, 2.75) is 58.0 Å². The maximum atomic E-state index is 12.8. The Balaban J connectivity index is 1.63. The Morgan fingerprint density at radius 2 is 1.81 bits per heavy atom. The molecule has 2 aromatic carbocycles. The number of carbonyl (C=O) groups is 1. The van der Waals surface area contributed by atoms with Gasteiger partial charge < -0.3 is 14.7 Å². The Kier molecular flexibility index (Phi) is 5.98. The molecule has 2 aromatic rings. The predicted octanol–water partition coefficient (Wildman–Crippen LogP) is 5.36. The molecular weight excluding hydrogens is 398 g/mol. The molecule has 172 valence electrons. The first-order valence-electron chi connectivity index (χ1n) is 11.8. The maximum Gasteiger partial charge on any atom is 0.318 e. The molecule has 5 atom stereocenters. The molecule has 2 fully saturated rings. The van der Waals surface area contributed by atoms with Crippen LogP contribution in [0, 0.1) is 16.7 Å². The Morgan fingerprint density at radius 3 is 2.50 bits per heavy atom. The molecule has 0 amide bonds. The van der Waals surface area contributed by atoms with Gasteiger partial charge in [-0.15, -0.1) is 0 Å². The SMILES string of the molecule is CC(C(=O)Oc1cccc(C2(O)CC3(C)CCC(C)(C3)C2CN(C)C)c1)c1ccccc1. The zero-order chi connectivity index (χ0) is 23.1. The summed E-state index contributed by atoms with van der Waals surface area (Å²) < 4.78 is 5.78. The summed E-state index contributed by atoms with van der Waals surface area (Å²) in [6.07, 6.45) is 4.20. The van der Waals surface area contributed by atoms with Crippen molar-refractivity contribution >= 4 is 5.97 Å². The average molecular weight is 436 g/mol. The summed E-state index contributed by atoms with van der Waals surface area (Å²) in [5.41, 5.74) is 1.08. The lowest BCUT2D eigenvalue weighted by molar-refractivity contribution is -0.138. The number of nitrogens with zero attached hydrogens (tertiary/aromatic N) is 1. The van der Waals surface area contributed by atoms with Gasteiger partial charge in [0, 0.05) is 12.5 Å². The van der Waals surface area contributed by atoms with Gasteiger partial charge in [-0.2, -0.15) is 0 Å². The van der Waals surface area contributed by atoms with Gasteiger partial charge in [0.15, 0.2) is 0 Å². The first kappa shape index (κ1) is 23.0. The normalized spacial score (nSPS) is 32.7. The lowest BCUT2D eigenvalue weighted by Crippen LogP contribution is -2.53. The molecule has 0 saturated heterocycles. The van der Waals surface area contributed by atoms with Crippen LogP contribution in [0.2, 0.25) is 0 Å². The first-order chi connectivity index (χ1) is 15.0. The fraction of sp³-hybridized carbons (Fsp3) is 0.536. The van der Waals surface area contributed by atoms with Crippen LogP contribution in [0.25, 0.3) is 0 Å². The number of hydrogen-bond acceptors (Lipinski definition) is 4. The zero-order valence-corrected chi connectivity index (χ0v) is 20.1. The summed E-state index contributed by atoms with van der Waals surface area (Å²) in [6, 6.07) is 17.3. The number of rotatable bonds is 6. The maximum absolute atomic E-state index is 12.8. The molecule has 5 unspecified atom stereocenters. The molecule has 1 N–H and O–H groups in total. The van der Waals surface area contributed by atoms with Gasteiger partial charge in [0.05, 0.1) is 11.5 Å². The summed E-state index contributed by atoms with van der Waals surface area (Å²) >= 11 is 0. The molecule has 2 saturated carbocycles. The van der Waals surface area contributed by atoms with Crippen LogP contribution in [0.1, 0.15) is 63.5 Å². The van der Waals surface area contributed by atoms with Crippen molar-refractivity contribution in [3.63, 3.8) is 0 Å². The van der Waals surface area contributed by atoms with Crippen LogP contribution in [0.4, 0.5) is 0 Å². The van der Waals surface area contributed by atoms with E-state index in [1.54, 1.807) is 0 Å². The van der Waals surface area contributed by atoms with Crippen LogP contribution in [0.5, 0.6) is 5.75 Å². The van der Waals surface area contributed by atoms with Gasteiger partial charge in [-0.1, -0.05) is 56.3 Å². The molecule has 4 heteroatoms. The molecule has 2 aliphatic carbocycles. The van der Waals surface area contributed by atoms with Crippen molar-refractivity contribution in [1.29, 1.82) is 0 Å². The number of hydrogen-bond donors (Lipinski definition) is 1. The zero-order valence-electron chi connectivity index (χ0n) is 20.1. The van der Waals surface area contributed by atoms with Crippen molar-refractivity contribution in [2.75, 3.05) is 20.6 Å².